The first-order valence-electron chi connectivity index (χ1n) is 8.31. The topological polar surface area (TPSA) is 90.4 Å². The summed E-state index contributed by atoms with van der Waals surface area (Å²) in [4.78, 5) is 12.4. The number of anilines is 1. The molecule has 0 saturated heterocycles. The minimum atomic E-state index is -0.522. The van der Waals surface area contributed by atoms with E-state index in [0.717, 1.165) is 5.39 Å². The van der Waals surface area contributed by atoms with Gasteiger partial charge in [0.05, 0.1) is 17.2 Å². The number of fused-ring (bicyclic) bond motifs is 1. The number of amides is 1. The van der Waals surface area contributed by atoms with Crippen LogP contribution in [0.2, 0.25) is 10.0 Å². The largest absolute Gasteiger partial charge is 0.490 e. The third kappa shape index (κ3) is 3.54. The zero-order valence-electron chi connectivity index (χ0n) is 14.5. The minimum Gasteiger partial charge on any atom is -0.490 e. The van der Waals surface area contributed by atoms with Crippen LogP contribution in [-0.4, -0.2) is 22.7 Å². The average Bonchev–Trinajstić information content (AvgIpc) is 3.31. The van der Waals surface area contributed by atoms with Crippen molar-refractivity contribution < 1.29 is 18.4 Å². The molecule has 0 saturated carbocycles. The van der Waals surface area contributed by atoms with Crippen LogP contribution in [0.25, 0.3) is 22.6 Å². The molecule has 142 valence electrons. The maximum absolute atomic E-state index is 12.4. The molecule has 1 amide bonds. The van der Waals surface area contributed by atoms with Crippen molar-refractivity contribution in [2.45, 2.75) is 6.92 Å². The van der Waals surface area contributed by atoms with E-state index in [-0.39, 0.29) is 22.5 Å². The van der Waals surface area contributed by atoms with Crippen LogP contribution < -0.4 is 10.1 Å². The Kier molecular flexibility index (Phi) is 4.93. The lowest BCUT2D eigenvalue weighted by Crippen LogP contribution is -2.12. The molecule has 0 aliphatic heterocycles. The van der Waals surface area contributed by atoms with Crippen molar-refractivity contribution >= 4 is 46.1 Å². The molecule has 0 atom stereocenters. The highest BCUT2D eigenvalue weighted by Crippen LogP contribution is 2.33. The number of para-hydroxylation sites is 1. The smallest absolute Gasteiger partial charge is 0.322 e. The van der Waals surface area contributed by atoms with Crippen LogP contribution >= 0.6 is 23.2 Å². The Morgan fingerprint density at radius 2 is 2.00 bits per heavy atom. The zero-order chi connectivity index (χ0) is 19.7. The van der Waals surface area contributed by atoms with Crippen LogP contribution in [0.4, 0.5) is 6.01 Å². The highest BCUT2D eigenvalue weighted by molar-refractivity contribution is 6.36. The zero-order valence-corrected chi connectivity index (χ0v) is 16.0. The number of furan rings is 1. The van der Waals surface area contributed by atoms with Gasteiger partial charge in [-0.3, -0.25) is 10.1 Å². The van der Waals surface area contributed by atoms with E-state index in [1.54, 1.807) is 12.1 Å². The Balaban J connectivity index is 1.59. The second-order valence-electron chi connectivity index (χ2n) is 5.71. The Morgan fingerprint density at radius 1 is 1.14 bits per heavy atom. The third-order valence-electron chi connectivity index (χ3n) is 3.84. The summed E-state index contributed by atoms with van der Waals surface area (Å²) in [7, 11) is 0. The second kappa shape index (κ2) is 7.53. The molecule has 28 heavy (non-hydrogen) atoms. The van der Waals surface area contributed by atoms with E-state index < -0.39 is 5.91 Å². The van der Waals surface area contributed by atoms with Crippen molar-refractivity contribution in [3.8, 4) is 17.4 Å². The fourth-order valence-corrected chi connectivity index (χ4v) is 3.00. The molecule has 0 aliphatic carbocycles. The molecule has 0 radical (unpaired) electrons. The van der Waals surface area contributed by atoms with Gasteiger partial charge in [0.1, 0.15) is 0 Å². The first-order valence-corrected chi connectivity index (χ1v) is 9.06. The van der Waals surface area contributed by atoms with E-state index in [4.69, 9.17) is 36.8 Å². The van der Waals surface area contributed by atoms with Gasteiger partial charge in [-0.25, -0.2) is 0 Å². The van der Waals surface area contributed by atoms with E-state index in [0.29, 0.717) is 28.7 Å². The number of hydrogen-bond donors (Lipinski definition) is 1. The summed E-state index contributed by atoms with van der Waals surface area (Å²) in [5.74, 6) is 0.572. The lowest BCUT2D eigenvalue weighted by molar-refractivity contribution is 0.102. The molecule has 2 heterocycles. The maximum Gasteiger partial charge on any atom is 0.322 e. The van der Waals surface area contributed by atoms with Crippen molar-refractivity contribution in [1.29, 1.82) is 0 Å². The SMILES string of the molecule is CCOc1cccc2cc(-c3nnc(NC(=O)c4cc(Cl)ccc4Cl)o3)oc12. The molecule has 2 aromatic heterocycles. The third-order valence-corrected chi connectivity index (χ3v) is 4.40. The van der Waals surface area contributed by atoms with Gasteiger partial charge < -0.3 is 13.6 Å². The lowest BCUT2D eigenvalue weighted by atomic mass is 10.2. The molecule has 0 spiro atoms. The fourth-order valence-electron chi connectivity index (χ4n) is 2.62. The van der Waals surface area contributed by atoms with Crippen LogP contribution in [0.1, 0.15) is 17.3 Å². The van der Waals surface area contributed by atoms with E-state index in [1.165, 1.54) is 12.1 Å². The molecule has 2 aromatic carbocycles. The van der Waals surface area contributed by atoms with Crippen LogP contribution in [0.3, 0.4) is 0 Å². The second-order valence-corrected chi connectivity index (χ2v) is 6.55. The van der Waals surface area contributed by atoms with Crippen LogP contribution in [0, 0.1) is 0 Å². The number of carbonyl (C=O) groups excluding carboxylic acids is 1. The van der Waals surface area contributed by atoms with Gasteiger partial charge in [-0.05, 0) is 37.3 Å². The summed E-state index contributed by atoms with van der Waals surface area (Å²) in [6.07, 6.45) is 0. The van der Waals surface area contributed by atoms with Crippen LogP contribution in [0.15, 0.2) is 51.3 Å². The van der Waals surface area contributed by atoms with Gasteiger partial charge in [-0.2, -0.15) is 0 Å². The summed E-state index contributed by atoms with van der Waals surface area (Å²) >= 11 is 11.9. The van der Waals surface area contributed by atoms with Gasteiger partial charge >= 0.3 is 6.01 Å². The van der Waals surface area contributed by atoms with E-state index >= 15 is 0 Å². The lowest BCUT2D eigenvalue weighted by Gasteiger charge is -2.03. The number of halogens is 2. The highest BCUT2D eigenvalue weighted by atomic mass is 35.5. The first kappa shape index (κ1) is 18.3. The Labute approximate surface area is 169 Å². The summed E-state index contributed by atoms with van der Waals surface area (Å²) in [6, 6.07) is 11.8. The maximum atomic E-state index is 12.4. The number of aromatic nitrogens is 2. The quantitative estimate of drug-likeness (QED) is 0.464. The van der Waals surface area contributed by atoms with Gasteiger partial charge in [0.15, 0.2) is 17.1 Å². The van der Waals surface area contributed by atoms with Crippen LogP contribution in [0.5, 0.6) is 5.75 Å². The molecule has 1 N–H and O–H groups in total. The standard InChI is InChI=1S/C19H13Cl2N3O4/c1-2-26-14-5-3-4-10-8-15(27-16(10)14)18-23-24-19(28-18)22-17(25)12-9-11(20)6-7-13(12)21/h3-9H,2H2,1H3,(H,22,24,25). The molecule has 9 heteroatoms. The van der Waals surface area contributed by atoms with E-state index in [2.05, 4.69) is 15.5 Å². The summed E-state index contributed by atoms with van der Waals surface area (Å²) < 4.78 is 16.9. The molecule has 4 rings (SSSR count). The number of rotatable bonds is 5. The molecular weight excluding hydrogens is 405 g/mol. The Bertz CT molecular complexity index is 1170. The molecule has 0 aliphatic rings. The molecule has 4 aromatic rings. The number of ether oxygens (including phenoxy) is 1. The van der Waals surface area contributed by atoms with Crippen molar-refractivity contribution in [2.75, 3.05) is 11.9 Å². The van der Waals surface area contributed by atoms with Gasteiger partial charge in [0, 0.05) is 10.4 Å². The monoisotopic (exact) mass is 417 g/mol. The fraction of sp³-hybridized carbons (Fsp3) is 0.105. The van der Waals surface area contributed by atoms with Crippen LogP contribution in [-0.2, 0) is 0 Å². The summed E-state index contributed by atoms with van der Waals surface area (Å²) in [5.41, 5.74) is 0.771. The molecular formula is C19H13Cl2N3O4. The van der Waals surface area contributed by atoms with Gasteiger partial charge in [-0.15, -0.1) is 5.10 Å². The first-order chi connectivity index (χ1) is 13.5. The van der Waals surface area contributed by atoms with Crippen molar-refractivity contribution in [1.82, 2.24) is 10.2 Å². The normalized spacial score (nSPS) is 11.0. The Morgan fingerprint density at radius 3 is 2.82 bits per heavy atom. The Hall–Kier alpha value is -3.03. The van der Waals surface area contributed by atoms with Gasteiger partial charge in [0.25, 0.3) is 11.8 Å². The number of nitrogens with one attached hydrogen (secondary N) is 1. The van der Waals surface area contributed by atoms with Crippen molar-refractivity contribution in [2.24, 2.45) is 0 Å². The number of carbonyl (C=O) groups is 1. The molecule has 0 bridgehead atoms. The predicted molar refractivity (Wildman–Crippen MR) is 105 cm³/mol. The summed E-state index contributed by atoms with van der Waals surface area (Å²) in [5, 5.41) is 11.7. The molecule has 0 unspecified atom stereocenters. The molecule has 7 nitrogen and oxygen atoms in total. The number of nitrogens with zero attached hydrogens (tertiary/aromatic N) is 2. The summed E-state index contributed by atoms with van der Waals surface area (Å²) in [6.45, 7) is 2.40. The molecule has 0 fully saturated rings. The van der Waals surface area contributed by atoms with E-state index in [1.807, 2.05) is 25.1 Å². The number of hydrogen-bond acceptors (Lipinski definition) is 6. The predicted octanol–water partition coefficient (Wildman–Crippen LogP) is 5.44. The number of benzene rings is 2. The van der Waals surface area contributed by atoms with Gasteiger partial charge in [0.2, 0.25) is 0 Å². The van der Waals surface area contributed by atoms with Crippen molar-refractivity contribution in [3.05, 3.63) is 58.1 Å². The van der Waals surface area contributed by atoms with Gasteiger partial charge in [-0.1, -0.05) is 40.4 Å². The van der Waals surface area contributed by atoms with E-state index in [9.17, 15) is 4.79 Å². The average molecular weight is 418 g/mol. The van der Waals surface area contributed by atoms with Crippen molar-refractivity contribution in [3.63, 3.8) is 0 Å². The highest BCUT2D eigenvalue weighted by Gasteiger charge is 2.18. The minimum absolute atomic E-state index is 0.0958.